The number of hydrogen-bond acceptors (Lipinski definition) is 2. The van der Waals surface area contributed by atoms with Crippen molar-refractivity contribution in [3.05, 3.63) is 35.9 Å². The SMILES string of the molecule is O[C@](CC#CCN1CCCCC1)(c1ccccc1)C1CCCCC1. The molecule has 1 aromatic rings. The Bertz CT molecular complexity index is 546. The minimum Gasteiger partial charge on any atom is -0.384 e. The van der Waals surface area contributed by atoms with Gasteiger partial charge in [-0.15, -0.1) is 0 Å². The van der Waals surface area contributed by atoms with Crippen LogP contribution in [0.4, 0.5) is 0 Å². The lowest BCUT2D eigenvalue weighted by atomic mass is 9.72. The lowest BCUT2D eigenvalue weighted by Gasteiger charge is -2.38. The van der Waals surface area contributed by atoms with E-state index in [-0.39, 0.29) is 0 Å². The third-order valence-corrected chi connectivity index (χ3v) is 5.79. The Labute approximate surface area is 147 Å². The van der Waals surface area contributed by atoms with Gasteiger partial charge in [-0.1, -0.05) is 67.9 Å². The summed E-state index contributed by atoms with van der Waals surface area (Å²) >= 11 is 0. The van der Waals surface area contributed by atoms with Gasteiger partial charge in [0.1, 0.15) is 5.60 Å². The average molecular weight is 325 g/mol. The molecule has 1 saturated carbocycles. The molecule has 1 heterocycles. The zero-order valence-electron chi connectivity index (χ0n) is 14.8. The van der Waals surface area contributed by atoms with E-state index in [9.17, 15) is 5.11 Å². The highest BCUT2D eigenvalue weighted by Gasteiger charge is 2.38. The molecule has 1 atom stereocenters. The molecule has 0 aromatic heterocycles. The minimum atomic E-state index is -0.781. The van der Waals surface area contributed by atoms with Gasteiger partial charge in [-0.25, -0.2) is 0 Å². The second-order valence-electron chi connectivity index (χ2n) is 7.49. The monoisotopic (exact) mass is 325 g/mol. The normalized spacial score (nSPS) is 22.4. The highest BCUT2D eigenvalue weighted by molar-refractivity contribution is 5.26. The number of likely N-dealkylation sites (tertiary alicyclic amines) is 1. The maximum Gasteiger partial charge on any atom is 0.103 e. The van der Waals surface area contributed by atoms with Crippen LogP contribution >= 0.6 is 0 Å². The van der Waals surface area contributed by atoms with Crippen LogP contribution in [0.3, 0.4) is 0 Å². The van der Waals surface area contributed by atoms with E-state index >= 15 is 0 Å². The zero-order valence-corrected chi connectivity index (χ0v) is 14.8. The van der Waals surface area contributed by atoms with E-state index in [4.69, 9.17) is 0 Å². The van der Waals surface area contributed by atoms with Gasteiger partial charge in [0.05, 0.1) is 6.54 Å². The van der Waals surface area contributed by atoms with Crippen molar-refractivity contribution in [3.63, 3.8) is 0 Å². The first-order valence-electron chi connectivity index (χ1n) is 9.75. The fourth-order valence-electron chi connectivity index (χ4n) is 4.27. The molecular formula is C22H31NO. The first kappa shape index (κ1) is 17.5. The molecule has 1 aliphatic heterocycles. The van der Waals surface area contributed by atoms with E-state index in [1.807, 2.05) is 18.2 Å². The summed E-state index contributed by atoms with van der Waals surface area (Å²) < 4.78 is 0. The molecule has 2 aliphatic rings. The van der Waals surface area contributed by atoms with Gasteiger partial charge in [-0.2, -0.15) is 0 Å². The van der Waals surface area contributed by atoms with Crippen LogP contribution in [0.2, 0.25) is 0 Å². The third kappa shape index (κ3) is 4.41. The molecule has 130 valence electrons. The van der Waals surface area contributed by atoms with Crippen molar-refractivity contribution < 1.29 is 5.11 Å². The van der Waals surface area contributed by atoms with Gasteiger partial charge < -0.3 is 5.11 Å². The number of rotatable bonds is 4. The molecule has 1 aliphatic carbocycles. The number of aliphatic hydroxyl groups is 1. The fourth-order valence-corrected chi connectivity index (χ4v) is 4.27. The van der Waals surface area contributed by atoms with Crippen molar-refractivity contribution in [2.24, 2.45) is 5.92 Å². The second-order valence-corrected chi connectivity index (χ2v) is 7.49. The number of nitrogens with zero attached hydrogens (tertiary/aromatic N) is 1. The van der Waals surface area contributed by atoms with Gasteiger partial charge in [-0.3, -0.25) is 4.90 Å². The van der Waals surface area contributed by atoms with Crippen LogP contribution in [0.1, 0.15) is 63.4 Å². The third-order valence-electron chi connectivity index (χ3n) is 5.79. The Kier molecular flexibility index (Phi) is 6.35. The predicted molar refractivity (Wildman–Crippen MR) is 99.6 cm³/mol. The van der Waals surface area contributed by atoms with E-state index in [2.05, 4.69) is 28.9 Å². The van der Waals surface area contributed by atoms with Crippen LogP contribution in [-0.2, 0) is 5.60 Å². The van der Waals surface area contributed by atoms with Crippen LogP contribution in [0.15, 0.2) is 30.3 Å². The number of hydrogen-bond donors (Lipinski definition) is 1. The summed E-state index contributed by atoms with van der Waals surface area (Å²) in [6, 6.07) is 10.2. The van der Waals surface area contributed by atoms with Gasteiger partial charge in [0, 0.05) is 6.42 Å². The van der Waals surface area contributed by atoms with Crippen molar-refractivity contribution in [1.29, 1.82) is 0 Å². The van der Waals surface area contributed by atoms with Gasteiger partial charge >= 0.3 is 0 Å². The predicted octanol–water partition coefficient (Wildman–Crippen LogP) is 4.33. The Morgan fingerprint density at radius 2 is 1.58 bits per heavy atom. The molecular weight excluding hydrogens is 294 g/mol. The average Bonchev–Trinajstić information content (AvgIpc) is 2.67. The molecule has 24 heavy (non-hydrogen) atoms. The molecule has 2 heteroatoms. The topological polar surface area (TPSA) is 23.5 Å². The molecule has 2 nitrogen and oxygen atoms in total. The first-order valence-corrected chi connectivity index (χ1v) is 9.75. The van der Waals surface area contributed by atoms with Gasteiger partial charge in [-0.05, 0) is 50.3 Å². The lowest BCUT2D eigenvalue weighted by molar-refractivity contribution is -0.0344. The smallest absolute Gasteiger partial charge is 0.103 e. The summed E-state index contributed by atoms with van der Waals surface area (Å²) in [6.07, 6.45) is 10.6. The minimum absolute atomic E-state index is 0.345. The van der Waals surface area contributed by atoms with Crippen LogP contribution < -0.4 is 0 Å². The van der Waals surface area contributed by atoms with Crippen molar-refractivity contribution >= 4 is 0 Å². The zero-order chi connectivity index (χ0) is 16.7. The molecule has 1 saturated heterocycles. The molecule has 0 radical (unpaired) electrons. The second kappa shape index (κ2) is 8.70. The number of benzene rings is 1. The van der Waals surface area contributed by atoms with Gasteiger partial charge in [0.25, 0.3) is 0 Å². The molecule has 0 spiro atoms. The summed E-state index contributed by atoms with van der Waals surface area (Å²) in [4.78, 5) is 2.44. The van der Waals surface area contributed by atoms with Crippen LogP contribution in [0, 0.1) is 17.8 Å². The maximum atomic E-state index is 11.5. The summed E-state index contributed by atoms with van der Waals surface area (Å²) in [5.41, 5.74) is 0.264. The van der Waals surface area contributed by atoms with Crippen molar-refractivity contribution in [2.75, 3.05) is 19.6 Å². The fraction of sp³-hybridized carbons (Fsp3) is 0.636. The largest absolute Gasteiger partial charge is 0.384 e. The molecule has 2 fully saturated rings. The van der Waals surface area contributed by atoms with Crippen LogP contribution in [0.25, 0.3) is 0 Å². The molecule has 3 rings (SSSR count). The van der Waals surface area contributed by atoms with E-state index in [1.165, 1.54) is 51.6 Å². The summed E-state index contributed by atoms with van der Waals surface area (Å²) in [7, 11) is 0. The first-order chi connectivity index (χ1) is 11.8. The lowest BCUT2D eigenvalue weighted by Crippen LogP contribution is -2.36. The highest BCUT2D eigenvalue weighted by Crippen LogP contribution is 2.41. The quantitative estimate of drug-likeness (QED) is 0.833. The van der Waals surface area contributed by atoms with Gasteiger partial charge in [0.15, 0.2) is 0 Å². The molecule has 0 unspecified atom stereocenters. The standard InChI is InChI=1S/C22H31NO/c24-22(20-12-4-1-5-13-20,21-14-6-2-7-15-21)16-8-11-19-23-17-9-3-10-18-23/h1,4-5,12-13,21,24H,2-3,6-7,9-10,14-19H2/t22-/m1/s1. The Morgan fingerprint density at radius 3 is 2.29 bits per heavy atom. The summed E-state index contributed by atoms with van der Waals surface area (Å²) in [5.74, 6) is 7.01. The Balaban J connectivity index is 1.68. The van der Waals surface area contributed by atoms with Crippen LogP contribution in [-0.4, -0.2) is 29.6 Å². The van der Waals surface area contributed by atoms with E-state index in [1.54, 1.807) is 0 Å². The molecule has 0 bridgehead atoms. The molecule has 0 amide bonds. The highest BCUT2D eigenvalue weighted by atomic mass is 16.3. The van der Waals surface area contributed by atoms with E-state index < -0.39 is 5.60 Å². The summed E-state index contributed by atoms with van der Waals surface area (Å²) in [5, 5.41) is 11.5. The summed E-state index contributed by atoms with van der Waals surface area (Å²) in [6.45, 7) is 3.22. The van der Waals surface area contributed by atoms with Crippen LogP contribution in [0.5, 0.6) is 0 Å². The van der Waals surface area contributed by atoms with Crippen molar-refractivity contribution in [1.82, 2.24) is 4.90 Å². The van der Waals surface area contributed by atoms with E-state index in [0.29, 0.717) is 12.3 Å². The van der Waals surface area contributed by atoms with Crippen molar-refractivity contribution in [3.8, 4) is 11.8 Å². The Morgan fingerprint density at radius 1 is 0.917 bits per heavy atom. The van der Waals surface area contributed by atoms with Crippen molar-refractivity contribution in [2.45, 2.75) is 63.4 Å². The maximum absolute atomic E-state index is 11.5. The van der Waals surface area contributed by atoms with E-state index in [0.717, 1.165) is 24.9 Å². The molecule has 1 N–H and O–H groups in total. The Hall–Kier alpha value is -1.30. The molecule has 1 aromatic carbocycles. The van der Waals surface area contributed by atoms with Gasteiger partial charge in [0.2, 0.25) is 0 Å². The number of piperidine rings is 1.